The van der Waals surface area contributed by atoms with Crippen LogP contribution in [-0.2, 0) is 12.8 Å². The molecule has 106 valence electrons. The third-order valence-electron chi connectivity index (χ3n) is 3.75. The van der Waals surface area contributed by atoms with Gasteiger partial charge in [-0.25, -0.2) is 0 Å². The quantitative estimate of drug-likeness (QED) is 0.917. The molecular formula is C16H15N3O2. The maximum atomic E-state index is 12.3. The van der Waals surface area contributed by atoms with Gasteiger partial charge in [0.2, 0.25) is 0 Å². The fourth-order valence-corrected chi connectivity index (χ4v) is 2.61. The smallest absolute Gasteiger partial charge is 0.278 e. The number of carbonyl (C=O) groups is 1. The van der Waals surface area contributed by atoms with Crippen molar-refractivity contribution in [3.05, 3.63) is 46.8 Å². The first-order chi connectivity index (χ1) is 10.2. The first-order valence-corrected chi connectivity index (χ1v) is 6.96. The van der Waals surface area contributed by atoms with Crippen molar-refractivity contribution in [2.75, 3.05) is 5.32 Å². The standard InChI is InChI=1S/C16H15N3O2/c1-10-5-6-14-13(7-10)15(19-21-14)16(20)18-12-4-2-3-11(8-12)9-17/h2-4,8,10H,5-7H2,1H3,(H,18,20). The van der Waals surface area contributed by atoms with E-state index in [4.69, 9.17) is 9.78 Å². The van der Waals surface area contributed by atoms with Gasteiger partial charge in [-0.15, -0.1) is 0 Å². The van der Waals surface area contributed by atoms with Gasteiger partial charge in [-0.1, -0.05) is 18.1 Å². The van der Waals surface area contributed by atoms with Crippen molar-refractivity contribution in [2.24, 2.45) is 5.92 Å². The summed E-state index contributed by atoms with van der Waals surface area (Å²) in [5.74, 6) is 1.07. The molecule has 0 saturated heterocycles. The normalized spacial score (nSPS) is 16.9. The Balaban J connectivity index is 1.83. The number of benzene rings is 1. The first kappa shape index (κ1) is 13.4. The summed E-state index contributed by atoms with van der Waals surface area (Å²) in [6.07, 6.45) is 2.72. The van der Waals surface area contributed by atoms with E-state index >= 15 is 0 Å². The number of aryl methyl sites for hydroxylation is 1. The summed E-state index contributed by atoms with van der Waals surface area (Å²) in [7, 11) is 0. The third-order valence-corrected chi connectivity index (χ3v) is 3.75. The molecule has 21 heavy (non-hydrogen) atoms. The molecule has 0 aliphatic heterocycles. The summed E-state index contributed by atoms with van der Waals surface area (Å²) < 4.78 is 5.28. The highest BCUT2D eigenvalue weighted by Crippen LogP contribution is 2.28. The molecule has 0 saturated carbocycles. The number of rotatable bonds is 2. The second-order valence-electron chi connectivity index (χ2n) is 5.43. The Morgan fingerprint density at radius 1 is 1.52 bits per heavy atom. The minimum absolute atomic E-state index is 0.288. The molecule has 1 unspecified atom stereocenters. The van der Waals surface area contributed by atoms with Crippen LogP contribution in [0.2, 0.25) is 0 Å². The van der Waals surface area contributed by atoms with E-state index in [2.05, 4.69) is 17.4 Å². The Hall–Kier alpha value is -2.61. The molecule has 0 radical (unpaired) electrons. The average molecular weight is 281 g/mol. The summed E-state index contributed by atoms with van der Waals surface area (Å²) in [5, 5.41) is 15.6. The third kappa shape index (κ3) is 2.65. The number of fused-ring (bicyclic) bond motifs is 1. The molecule has 5 nitrogen and oxygen atoms in total. The number of amides is 1. The number of anilines is 1. The van der Waals surface area contributed by atoms with Gasteiger partial charge in [0.05, 0.1) is 11.6 Å². The van der Waals surface area contributed by atoms with E-state index in [0.29, 0.717) is 22.9 Å². The van der Waals surface area contributed by atoms with Gasteiger partial charge in [0.25, 0.3) is 5.91 Å². The molecule has 1 aliphatic rings. The van der Waals surface area contributed by atoms with Crippen LogP contribution in [0.1, 0.15) is 40.7 Å². The average Bonchev–Trinajstić information content (AvgIpc) is 2.90. The van der Waals surface area contributed by atoms with Gasteiger partial charge in [-0.05, 0) is 37.0 Å². The molecule has 1 N–H and O–H groups in total. The summed E-state index contributed by atoms with van der Waals surface area (Å²) >= 11 is 0. The zero-order valence-corrected chi connectivity index (χ0v) is 11.7. The summed E-state index contributed by atoms with van der Waals surface area (Å²) in [5.41, 5.74) is 2.37. The number of nitrogens with one attached hydrogen (secondary N) is 1. The Labute approximate surface area is 122 Å². The minimum Gasteiger partial charge on any atom is -0.360 e. The zero-order chi connectivity index (χ0) is 14.8. The summed E-state index contributed by atoms with van der Waals surface area (Å²) in [6, 6.07) is 8.84. The Morgan fingerprint density at radius 2 is 2.38 bits per heavy atom. The van der Waals surface area contributed by atoms with Gasteiger partial charge in [-0.3, -0.25) is 4.79 Å². The molecule has 0 fully saturated rings. The van der Waals surface area contributed by atoms with Crippen LogP contribution in [0.5, 0.6) is 0 Å². The number of carbonyl (C=O) groups excluding carboxylic acids is 1. The van der Waals surface area contributed by atoms with Crippen molar-refractivity contribution < 1.29 is 9.32 Å². The van der Waals surface area contributed by atoms with Gasteiger partial charge < -0.3 is 9.84 Å². The van der Waals surface area contributed by atoms with E-state index < -0.39 is 0 Å². The SMILES string of the molecule is CC1CCc2onc(C(=O)Nc3cccc(C#N)c3)c2C1. The van der Waals surface area contributed by atoms with Crippen LogP contribution in [0.15, 0.2) is 28.8 Å². The Morgan fingerprint density at radius 3 is 3.19 bits per heavy atom. The maximum absolute atomic E-state index is 12.3. The number of aromatic nitrogens is 1. The summed E-state index contributed by atoms with van der Waals surface area (Å²) in [6.45, 7) is 2.16. The van der Waals surface area contributed by atoms with Gasteiger partial charge in [0.1, 0.15) is 5.76 Å². The molecule has 0 spiro atoms. The monoisotopic (exact) mass is 281 g/mol. The largest absolute Gasteiger partial charge is 0.360 e. The molecule has 1 amide bonds. The van der Waals surface area contributed by atoms with Crippen LogP contribution in [0.25, 0.3) is 0 Å². The number of hydrogen-bond donors (Lipinski definition) is 1. The fraction of sp³-hybridized carbons (Fsp3) is 0.312. The van der Waals surface area contributed by atoms with E-state index in [9.17, 15) is 4.79 Å². The Bertz CT molecular complexity index is 727. The molecule has 0 bridgehead atoms. The number of hydrogen-bond acceptors (Lipinski definition) is 4. The van der Waals surface area contributed by atoms with Crippen molar-refractivity contribution in [2.45, 2.75) is 26.2 Å². The lowest BCUT2D eigenvalue weighted by Crippen LogP contribution is -2.17. The van der Waals surface area contributed by atoms with Crippen molar-refractivity contribution in [1.82, 2.24) is 5.16 Å². The number of nitriles is 1. The van der Waals surface area contributed by atoms with Gasteiger partial charge >= 0.3 is 0 Å². The first-order valence-electron chi connectivity index (χ1n) is 6.96. The van der Waals surface area contributed by atoms with Crippen LogP contribution < -0.4 is 5.32 Å². The zero-order valence-electron chi connectivity index (χ0n) is 11.7. The molecule has 2 aromatic rings. The highest BCUT2D eigenvalue weighted by molar-refractivity contribution is 6.04. The van der Waals surface area contributed by atoms with Gasteiger partial charge in [0.15, 0.2) is 5.69 Å². The van der Waals surface area contributed by atoms with Crippen LogP contribution in [-0.4, -0.2) is 11.1 Å². The number of nitrogens with zero attached hydrogens (tertiary/aromatic N) is 2. The van der Waals surface area contributed by atoms with Crippen molar-refractivity contribution >= 4 is 11.6 Å². The molecule has 5 heteroatoms. The minimum atomic E-state index is -0.288. The fourth-order valence-electron chi connectivity index (χ4n) is 2.61. The van der Waals surface area contributed by atoms with Gasteiger partial charge in [0, 0.05) is 17.7 Å². The van der Waals surface area contributed by atoms with Crippen LogP contribution in [0.4, 0.5) is 5.69 Å². The Kier molecular flexibility index (Phi) is 3.44. The van der Waals surface area contributed by atoms with Crippen molar-refractivity contribution in [3.63, 3.8) is 0 Å². The lowest BCUT2D eigenvalue weighted by molar-refractivity contribution is 0.101. The molecule has 1 aromatic heterocycles. The molecule has 1 heterocycles. The lowest BCUT2D eigenvalue weighted by Gasteiger charge is -2.16. The topological polar surface area (TPSA) is 78.9 Å². The predicted octanol–water partition coefficient (Wildman–Crippen LogP) is 2.92. The van der Waals surface area contributed by atoms with Crippen molar-refractivity contribution in [3.8, 4) is 6.07 Å². The second-order valence-corrected chi connectivity index (χ2v) is 5.43. The lowest BCUT2D eigenvalue weighted by atomic mass is 9.88. The van der Waals surface area contributed by atoms with Crippen LogP contribution >= 0.6 is 0 Å². The van der Waals surface area contributed by atoms with Crippen LogP contribution in [0, 0.1) is 17.2 Å². The van der Waals surface area contributed by atoms with E-state index in [0.717, 1.165) is 30.6 Å². The summed E-state index contributed by atoms with van der Waals surface area (Å²) in [4.78, 5) is 12.3. The maximum Gasteiger partial charge on any atom is 0.278 e. The molecular weight excluding hydrogens is 266 g/mol. The van der Waals surface area contributed by atoms with E-state index in [1.165, 1.54) is 0 Å². The van der Waals surface area contributed by atoms with Crippen LogP contribution in [0.3, 0.4) is 0 Å². The molecule has 1 aliphatic carbocycles. The predicted molar refractivity (Wildman–Crippen MR) is 76.8 cm³/mol. The van der Waals surface area contributed by atoms with E-state index in [1.807, 2.05) is 6.07 Å². The van der Waals surface area contributed by atoms with E-state index in [1.54, 1.807) is 24.3 Å². The molecule has 1 atom stereocenters. The second kappa shape index (κ2) is 5.41. The van der Waals surface area contributed by atoms with Crippen molar-refractivity contribution in [1.29, 1.82) is 5.26 Å². The van der Waals surface area contributed by atoms with E-state index in [-0.39, 0.29) is 5.91 Å². The van der Waals surface area contributed by atoms with Gasteiger partial charge in [-0.2, -0.15) is 5.26 Å². The molecule has 1 aromatic carbocycles. The molecule has 3 rings (SSSR count). The highest BCUT2D eigenvalue weighted by Gasteiger charge is 2.26. The highest BCUT2D eigenvalue weighted by atomic mass is 16.5.